The van der Waals surface area contributed by atoms with Crippen molar-refractivity contribution in [1.29, 1.82) is 0 Å². The molecule has 4 heteroatoms. The van der Waals surface area contributed by atoms with Gasteiger partial charge in [-0.25, -0.2) is 4.79 Å². The first-order chi connectivity index (χ1) is 8.70. The summed E-state index contributed by atoms with van der Waals surface area (Å²) in [5, 5.41) is 8.52. The van der Waals surface area contributed by atoms with Crippen molar-refractivity contribution >= 4 is 28.1 Å². The first-order valence-corrected chi connectivity index (χ1v) is 6.78. The molecule has 1 aromatic heterocycles. The third-order valence-corrected chi connectivity index (χ3v) is 3.52. The average Bonchev–Trinajstić information content (AvgIpc) is 2.84. The fourth-order valence-corrected chi connectivity index (χ4v) is 2.42. The van der Waals surface area contributed by atoms with Gasteiger partial charge in [-0.15, -0.1) is 11.3 Å². The van der Waals surface area contributed by atoms with Gasteiger partial charge >= 0.3 is 6.03 Å². The number of urea groups is 1. The van der Waals surface area contributed by atoms with Crippen LogP contribution in [-0.4, -0.2) is 6.03 Å². The van der Waals surface area contributed by atoms with Crippen molar-refractivity contribution in [3.05, 3.63) is 46.8 Å². The zero-order valence-corrected chi connectivity index (χ0v) is 11.3. The SMILES string of the molecule is CCc1cccc(C)c1NC(=O)Nc1cccs1. The minimum atomic E-state index is -0.193. The fourth-order valence-electron chi connectivity index (χ4n) is 1.81. The van der Waals surface area contributed by atoms with E-state index in [0.717, 1.165) is 28.2 Å². The topological polar surface area (TPSA) is 41.1 Å². The lowest BCUT2D eigenvalue weighted by atomic mass is 10.1. The number of carbonyl (C=O) groups is 1. The second-order valence-corrected chi connectivity index (χ2v) is 4.97. The van der Waals surface area contributed by atoms with Crippen LogP contribution in [0.5, 0.6) is 0 Å². The third-order valence-electron chi connectivity index (χ3n) is 2.74. The molecule has 0 radical (unpaired) electrons. The number of hydrogen-bond acceptors (Lipinski definition) is 2. The number of thiophene rings is 1. The van der Waals surface area contributed by atoms with Gasteiger partial charge in [0.2, 0.25) is 0 Å². The third kappa shape index (κ3) is 2.90. The quantitative estimate of drug-likeness (QED) is 0.850. The minimum absolute atomic E-state index is 0.193. The number of para-hydroxylation sites is 1. The Morgan fingerprint density at radius 1 is 1.22 bits per heavy atom. The number of anilines is 2. The summed E-state index contributed by atoms with van der Waals surface area (Å²) in [5.74, 6) is 0. The molecule has 0 fully saturated rings. The van der Waals surface area contributed by atoms with Crippen LogP contribution in [-0.2, 0) is 6.42 Å². The summed E-state index contributed by atoms with van der Waals surface area (Å²) in [6.45, 7) is 4.08. The molecule has 0 unspecified atom stereocenters. The lowest BCUT2D eigenvalue weighted by Gasteiger charge is -2.13. The molecule has 0 spiro atoms. The molecule has 2 aromatic rings. The molecule has 94 valence electrons. The standard InChI is InChI=1S/C14H16N2OS/c1-3-11-7-4-6-10(2)13(11)16-14(17)15-12-8-5-9-18-12/h4-9H,3H2,1-2H3,(H2,15,16,17). The van der Waals surface area contributed by atoms with Crippen molar-refractivity contribution in [2.24, 2.45) is 0 Å². The van der Waals surface area contributed by atoms with Gasteiger partial charge in [0.25, 0.3) is 0 Å². The molecule has 0 saturated heterocycles. The number of benzene rings is 1. The van der Waals surface area contributed by atoms with Crippen molar-refractivity contribution in [3.63, 3.8) is 0 Å². The molecule has 0 atom stereocenters. The van der Waals surface area contributed by atoms with Crippen molar-refractivity contribution in [2.75, 3.05) is 10.6 Å². The molecule has 0 aliphatic carbocycles. The average molecular weight is 260 g/mol. The smallest absolute Gasteiger partial charge is 0.307 e. The predicted molar refractivity (Wildman–Crippen MR) is 77.5 cm³/mol. The maximum Gasteiger partial charge on any atom is 0.324 e. The number of hydrogen-bond donors (Lipinski definition) is 2. The van der Waals surface area contributed by atoms with Gasteiger partial charge in [0.05, 0.1) is 5.00 Å². The highest BCUT2D eigenvalue weighted by Crippen LogP contribution is 2.22. The highest BCUT2D eigenvalue weighted by molar-refractivity contribution is 7.14. The van der Waals surface area contributed by atoms with Gasteiger partial charge in [0, 0.05) is 5.69 Å². The van der Waals surface area contributed by atoms with E-state index < -0.39 is 0 Å². The number of rotatable bonds is 3. The summed E-state index contributed by atoms with van der Waals surface area (Å²) >= 11 is 1.50. The summed E-state index contributed by atoms with van der Waals surface area (Å²) in [5.41, 5.74) is 3.14. The molecule has 2 amide bonds. The Bertz CT molecular complexity index is 535. The maximum absolute atomic E-state index is 11.9. The Hall–Kier alpha value is -1.81. The first-order valence-electron chi connectivity index (χ1n) is 5.90. The fraction of sp³-hybridized carbons (Fsp3) is 0.214. The van der Waals surface area contributed by atoms with Gasteiger partial charge in [-0.3, -0.25) is 5.32 Å². The number of aryl methyl sites for hydroxylation is 2. The van der Waals surface area contributed by atoms with Crippen molar-refractivity contribution in [2.45, 2.75) is 20.3 Å². The molecule has 3 nitrogen and oxygen atoms in total. The van der Waals surface area contributed by atoms with Crippen LogP contribution >= 0.6 is 11.3 Å². The summed E-state index contributed by atoms with van der Waals surface area (Å²) in [7, 11) is 0. The summed E-state index contributed by atoms with van der Waals surface area (Å²) in [6, 6.07) is 9.64. The van der Waals surface area contributed by atoms with Crippen molar-refractivity contribution in [1.82, 2.24) is 0 Å². The molecule has 2 rings (SSSR count). The largest absolute Gasteiger partial charge is 0.324 e. The van der Waals surface area contributed by atoms with Gasteiger partial charge in [-0.1, -0.05) is 25.1 Å². The molecule has 0 aliphatic rings. The van der Waals surface area contributed by atoms with E-state index >= 15 is 0 Å². The van der Waals surface area contributed by atoms with Gasteiger partial charge in [0.15, 0.2) is 0 Å². The predicted octanol–water partition coefficient (Wildman–Crippen LogP) is 4.26. The molecular formula is C14H16N2OS. The van der Waals surface area contributed by atoms with E-state index in [4.69, 9.17) is 0 Å². The Morgan fingerprint density at radius 3 is 2.72 bits per heavy atom. The number of nitrogens with one attached hydrogen (secondary N) is 2. The molecule has 0 aliphatic heterocycles. The lowest BCUT2D eigenvalue weighted by Crippen LogP contribution is -2.20. The van der Waals surface area contributed by atoms with E-state index in [1.807, 2.05) is 42.6 Å². The van der Waals surface area contributed by atoms with Crippen LogP contribution in [0.3, 0.4) is 0 Å². The first kappa shape index (κ1) is 12.6. The van der Waals surface area contributed by atoms with Crippen LogP contribution in [0.25, 0.3) is 0 Å². The highest BCUT2D eigenvalue weighted by atomic mass is 32.1. The summed E-state index contributed by atoms with van der Waals surface area (Å²) in [4.78, 5) is 11.9. The number of carbonyl (C=O) groups excluding carboxylic acids is 1. The van der Waals surface area contributed by atoms with Crippen molar-refractivity contribution in [3.8, 4) is 0 Å². The Balaban J connectivity index is 2.11. The van der Waals surface area contributed by atoms with E-state index in [1.54, 1.807) is 0 Å². The molecule has 1 aromatic carbocycles. The molecule has 0 saturated carbocycles. The van der Waals surface area contributed by atoms with Crippen LogP contribution in [0, 0.1) is 6.92 Å². The summed E-state index contributed by atoms with van der Waals surface area (Å²) < 4.78 is 0. The highest BCUT2D eigenvalue weighted by Gasteiger charge is 2.08. The monoisotopic (exact) mass is 260 g/mol. The molecule has 1 heterocycles. The minimum Gasteiger partial charge on any atom is -0.307 e. The second-order valence-electron chi connectivity index (χ2n) is 4.02. The van der Waals surface area contributed by atoms with Gasteiger partial charge in [-0.05, 0) is 42.0 Å². The van der Waals surface area contributed by atoms with Crippen LogP contribution in [0.2, 0.25) is 0 Å². The van der Waals surface area contributed by atoms with E-state index in [1.165, 1.54) is 11.3 Å². The molecular weight excluding hydrogens is 244 g/mol. The molecule has 18 heavy (non-hydrogen) atoms. The lowest BCUT2D eigenvalue weighted by molar-refractivity contribution is 0.262. The van der Waals surface area contributed by atoms with E-state index in [0.29, 0.717) is 0 Å². The van der Waals surface area contributed by atoms with Gasteiger partial charge < -0.3 is 5.32 Å². The van der Waals surface area contributed by atoms with Crippen LogP contribution < -0.4 is 10.6 Å². The van der Waals surface area contributed by atoms with Gasteiger partial charge in [-0.2, -0.15) is 0 Å². The normalized spacial score (nSPS) is 10.1. The van der Waals surface area contributed by atoms with E-state index in [2.05, 4.69) is 17.6 Å². The van der Waals surface area contributed by atoms with Crippen LogP contribution in [0.15, 0.2) is 35.7 Å². The maximum atomic E-state index is 11.9. The van der Waals surface area contributed by atoms with Crippen molar-refractivity contribution < 1.29 is 4.79 Å². The molecule has 0 bridgehead atoms. The zero-order valence-electron chi connectivity index (χ0n) is 10.5. The van der Waals surface area contributed by atoms with E-state index in [9.17, 15) is 4.79 Å². The number of amides is 2. The van der Waals surface area contributed by atoms with Gasteiger partial charge in [0.1, 0.15) is 0 Å². The van der Waals surface area contributed by atoms with Crippen LogP contribution in [0.1, 0.15) is 18.1 Å². The Labute approximate surface area is 111 Å². The zero-order chi connectivity index (χ0) is 13.0. The Morgan fingerprint density at radius 2 is 2.06 bits per heavy atom. The van der Waals surface area contributed by atoms with E-state index in [-0.39, 0.29) is 6.03 Å². The van der Waals surface area contributed by atoms with Crippen LogP contribution in [0.4, 0.5) is 15.5 Å². The second kappa shape index (κ2) is 5.69. The summed E-state index contributed by atoms with van der Waals surface area (Å²) in [6.07, 6.45) is 0.899. The Kier molecular flexibility index (Phi) is 3.99. The molecule has 2 N–H and O–H groups in total.